The quantitative estimate of drug-likeness (QED) is 0.368. The molecule has 0 aromatic heterocycles. The summed E-state index contributed by atoms with van der Waals surface area (Å²) in [5.74, 6) is -0.541. The lowest BCUT2D eigenvalue weighted by atomic mass is 10.4. The fourth-order valence-corrected chi connectivity index (χ4v) is 0.608. The SMILES string of the molecule is [O]CC=C1NC(=O)NC1=O. The summed E-state index contributed by atoms with van der Waals surface area (Å²) < 4.78 is 0. The molecule has 0 aromatic carbocycles. The van der Waals surface area contributed by atoms with Crippen molar-refractivity contribution in [3.8, 4) is 0 Å². The number of urea groups is 1. The van der Waals surface area contributed by atoms with E-state index >= 15 is 0 Å². The Morgan fingerprint density at radius 3 is 2.40 bits per heavy atom. The van der Waals surface area contributed by atoms with Crippen LogP contribution in [0.5, 0.6) is 0 Å². The molecular formula is C5H5N2O3. The molecule has 10 heavy (non-hydrogen) atoms. The van der Waals surface area contributed by atoms with Crippen LogP contribution in [0.15, 0.2) is 11.8 Å². The van der Waals surface area contributed by atoms with Gasteiger partial charge < -0.3 is 5.32 Å². The number of carbonyl (C=O) groups is 2. The maximum absolute atomic E-state index is 10.6. The van der Waals surface area contributed by atoms with Gasteiger partial charge in [0.1, 0.15) is 12.3 Å². The van der Waals surface area contributed by atoms with Crippen LogP contribution in [0, 0.1) is 0 Å². The van der Waals surface area contributed by atoms with Gasteiger partial charge in [0.2, 0.25) is 0 Å². The Bertz CT molecular complexity index is 209. The Balaban J connectivity index is 2.72. The molecule has 1 radical (unpaired) electrons. The van der Waals surface area contributed by atoms with Crippen LogP contribution >= 0.6 is 0 Å². The summed E-state index contributed by atoms with van der Waals surface area (Å²) in [4.78, 5) is 20.9. The van der Waals surface area contributed by atoms with Crippen molar-refractivity contribution in [1.29, 1.82) is 0 Å². The zero-order chi connectivity index (χ0) is 7.56. The van der Waals surface area contributed by atoms with Crippen LogP contribution in [0.4, 0.5) is 4.79 Å². The second kappa shape index (κ2) is 2.49. The number of nitrogens with one attached hydrogen (secondary N) is 2. The van der Waals surface area contributed by atoms with Crippen molar-refractivity contribution in [3.05, 3.63) is 11.8 Å². The summed E-state index contributed by atoms with van der Waals surface area (Å²) in [5.41, 5.74) is 0.0417. The summed E-state index contributed by atoms with van der Waals surface area (Å²) in [6, 6.07) is -0.579. The first kappa shape index (κ1) is 6.76. The summed E-state index contributed by atoms with van der Waals surface area (Å²) in [5, 5.41) is 14.1. The molecule has 1 saturated heterocycles. The molecule has 1 aliphatic rings. The second-order valence-corrected chi connectivity index (χ2v) is 1.69. The van der Waals surface area contributed by atoms with Gasteiger partial charge in [-0.2, -0.15) is 0 Å². The Hall–Kier alpha value is -1.36. The molecule has 0 aliphatic carbocycles. The average molecular weight is 141 g/mol. The van der Waals surface area contributed by atoms with E-state index in [-0.39, 0.29) is 5.70 Å². The van der Waals surface area contributed by atoms with Crippen LogP contribution in [-0.2, 0) is 9.90 Å². The summed E-state index contributed by atoms with van der Waals surface area (Å²) in [7, 11) is 0. The summed E-state index contributed by atoms with van der Waals surface area (Å²) >= 11 is 0. The lowest BCUT2D eigenvalue weighted by Crippen LogP contribution is -2.22. The standard InChI is InChI=1S/C5H5N2O3/c8-2-1-3-4(9)7-5(10)6-3/h1H,2H2,(H2,6,7,9,10). The molecule has 0 bridgehead atoms. The van der Waals surface area contributed by atoms with E-state index in [1.807, 2.05) is 5.32 Å². The van der Waals surface area contributed by atoms with Crippen LogP contribution in [0.2, 0.25) is 0 Å². The van der Waals surface area contributed by atoms with E-state index in [0.29, 0.717) is 0 Å². The maximum atomic E-state index is 10.6. The molecule has 2 N–H and O–H groups in total. The van der Waals surface area contributed by atoms with Gasteiger partial charge in [-0.25, -0.2) is 9.90 Å². The smallest absolute Gasteiger partial charge is 0.303 e. The van der Waals surface area contributed by atoms with Crippen LogP contribution in [0.3, 0.4) is 0 Å². The molecule has 1 rings (SSSR count). The van der Waals surface area contributed by atoms with Crippen molar-refractivity contribution in [2.45, 2.75) is 0 Å². The number of hydrogen-bond acceptors (Lipinski definition) is 2. The number of imide groups is 1. The molecule has 5 nitrogen and oxygen atoms in total. The van der Waals surface area contributed by atoms with Crippen molar-refractivity contribution in [2.24, 2.45) is 0 Å². The van der Waals surface area contributed by atoms with Crippen LogP contribution in [0.25, 0.3) is 0 Å². The predicted octanol–water partition coefficient (Wildman–Crippen LogP) is -0.860. The molecule has 3 amide bonds. The highest BCUT2D eigenvalue weighted by atomic mass is 16.2. The van der Waals surface area contributed by atoms with Gasteiger partial charge >= 0.3 is 6.03 Å². The highest BCUT2D eigenvalue weighted by molar-refractivity contribution is 6.11. The van der Waals surface area contributed by atoms with Gasteiger partial charge in [0.15, 0.2) is 0 Å². The van der Waals surface area contributed by atoms with Gasteiger partial charge in [0, 0.05) is 0 Å². The number of amides is 3. The fourth-order valence-electron chi connectivity index (χ4n) is 0.608. The lowest BCUT2D eigenvalue weighted by molar-refractivity contribution is -0.115. The molecular weight excluding hydrogens is 136 g/mol. The third-order valence-electron chi connectivity index (χ3n) is 1.01. The van der Waals surface area contributed by atoms with Crippen molar-refractivity contribution >= 4 is 11.9 Å². The van der Waals surface area contributed by atoms with Gasteiger partial charge in [0.25, 0.3) is 5.91 Å². The van der Waals surface area contributed by atoms with E-state index in [1.54, 1.807) is 0 Å². The molecule has 1 heterocycles. The van der Waals surface area contributed by atoms with E-state index < -0.39 is 18.5 Å². The van der Waals surface area contributed by atoms with Crippen molar-refractivity contribution < 1.29 is 14.7 Å². The average Bonchev–Trinajstić information content (AvgIpc) is 2.13. The molecule has 0 aromatic rings. The van der Waals surface area contributed by atoms with Crippen LogP contribution in [0.1, 0.15) is 0 Å². The van der Waals surface area contributed by atoms with Crippen molar-refractivity contribution in [1.82, 2.24) is 10.6 Å². The monoisotopic (exact) mass is 141 g/mol. The van der Waals surface area contributed by atoms with E-state index in [2.05, 4.69) is 5.32 Å². The summed E-state index contributed by atoms with van der Waals surface area (Å²) in [6.07, 6.45) is 1.11. The molecule has 1 fully saturated rings. The normalized spacial score (nSPS) is 21.1. The van der Waals surface area contributed by atoms with E-state index in [0.717, 1.165) is 6.08 Å². The van der Waals surface area contributed by atoms with Gasteiger partial charge in [-0.1, -0.05) is 0 Å². The molecule has 0 unspecified atom stereocenters. The molecule has 5 heteroatoms. The Labute approximate surface area is 56.7 Å². The topological polar surface area (TPSA) is 78.1 Å². The van der Waals surface area contributed by atoms with Crippen molar-refractivity contribution in [3.63, 3.8) is 0 Å². The van der Waals surface area contributed by atoms with Gasteiger partial charge in [0.05, 0.1) is 0 Å². The Morgan fingerprint density at radius 1 is 1.30 bits per heavy atom. The molecule has 53 valence electrons. The van der Waals surface area contributed by atoms with Gasteiger partial charge in [-0.05, 0) is 6.08 Å². The number of hydrogen-bond donors (Lipinski definition) is 2. The fraction of sp³-hybridized carbons (Fsp3) is 0.200. The highest BCUT2D eigenvalue weighted by Gasteiger charge is 2.21. The molecule has 0 atom stereocenters. The zero-order valence-corrected chi connectivity index (χ0v) is 5.01. The maximum Gasteiger partial charge on any atom is 0.326 e. The van der Waals surface area contributed by atoms with Gasteiger partial charge in [-0.3, -0.25) is 10.1 Å². The van der Waals surface area contributed by atoms with E-state index in [1.165, 1.54) is 0 Å². The molecule has 0 spiro atoms. The predicted molar refractivity (Wildman–Crippen MR) is 30.3 cm³/mol. The van der Waals surface area contributed by atoms with Crippen LogP contribution < -0.4 is 10.6 Å². The number of carbonyl (C=O) groups excluding carboxylic acids is 2. The van der Waals surface area contributed by atoms with E-state index in [9.17, 15) is 14.7 Å². The van der Waals surface area contributed by atoms with Crippen LogP contribution in [-0.4, -0.2) is 18.5 Å². The number of rotatable bonds is 1. The minimum Gasteiger partial charge on any atom is -0.303 e. The first-order valence-electron chi connectivity index (χ1n) is 2.64. The first-order chi connectivity index (χ1) is 4.74. The Kier molecular flexibility index (Phi) is 1.68. The lowest BCUT2D eigenvalue weighted by Gasteiger charge is -1.87. The minimum absolute atomic E-state index is 0.0417. The second-order valence-electron chi connectivity index (χ2n) is 1.69. The zero-order valence-electron chi connectivity index (χ0n) is 5.01. The molecule has 1 aliphatic heterocycles. The van der Waals surface area contributed by atoms with Crippen molar-refractivity contribution in [2.75, 3.05) is 6.61 Å². The Morgan fingerprint density at radius 2 is 2.00 bits per heavy atom. The highest BCUT2D eigenvalue weighted by Crippen LogP contribution is 1.95. The first-order valence-corrected chi connectivity index (χ1v) is 2.64. The third-order valence-corrected chi connectivity index (χ3v) is 1.01. The summed E-state index contributed by atoms with van der Waals surface area (Å²) in [6.45, 7) is -0.511. The molecule has 0 saturated carbocycles. The third kappa shape index (κ3) is 1.14. The van der Waals surface area contributed by atoms with E-state index in [4.69, 9.17) is 0 Å². The van der Waals surface area contributed by atoms with Gasteiger partial charge in [-0.15, -0.1) is 0 Å². The minimum atomic E-state index is -0.579. The largest absolute Gasteiger partial charge is 0.326 e.